The molecule has 0 unspecified atom stereocenters. The predicted octanol–water partition coefficient (Wildman–Crippen LogP) is 2.24. The minimum Gasteiger partial charge on any atom is -0.399 e. The standard InChI is InChI=1S/C18H23N5O.ClH/c19-15-4-3-5-16(14-15)21-18(24)7-9-22-10-12-23(13-11-22)17-6-1-2-8-20-17;/h1-6,8,14H,7,9-13,19H2,(H,21,24);1H. The predicted molar refractivity (Wildman–Crippen MR) is 104 cm³/mol. The first-order valence-electron chi connectivity index (χ1n) is 8.24. The average Bonchev–Trinajstić information content (AvgIpc) is 2.61. The van der Waals surface area contributed by atoms with Gasteiger partial charge in [-0.1, -0.05) is 12.1 Å². The largest absolute Gasteiger partial charge is 0.399 e. The van der Waals surface area contributed by atoms with Crippen molar-refractivity contribution >= 4 is 35.5 Å². The summed E-state index contributed by atoms with van der Waals surface area (Å²) in [5.41, 5.74) is 7.12. The molecule has 7 heteroatoms. The molecule has 134 valence electrons. The zero-order valence-electron chi connectivity index (χ0n) is 14.1. The number of pyridine rings is 1. The molecule has 0 bridgehead atoms. The van der Waals surface area contributed by atoms with Gasteiger partial charge in [-0.25, -0.2) is 4.98 Å². The Hall–Kier alpha value is -2.31. The number of piperazine rings is 1. The fourth-order valence-corrected chi connectivity index (χ4v) is 2.84. The van der Waals surface area contributed by atoms with Gasteiger partial charge in [0.25, 0.3) is 0 Å². The summed E-state index contributed by atoms with van der Waals surface area (Å²) < 4.78 is 0. The molecule has 1 aromatic carbocycles. The molecule has 0 radical (unpaired) electrons. The van der Waals surface area contributed by atoms with Gasteiger partial charge in [-0.05, 0) is 30.3 Å². The lowest BCUT2D eigenvalue weighted by Crippen LogP contribution is -2.47. The fraction of sp³-hybridized carbons (Fsp3) is 0.333. The molecular weight excluding hydrogens is 338 g/mol. The summed E-state index contributed by atoms with van der Waals surface area (Å²) in [5, 5.41) is 2.89. The number of nitrogens with one attached hydrogen (secondary N) is 1. The molecule has 2 aromatic rings. The van der Waals surface area contributed by atoms with Gasteiger partial charge in [0.15, 0.2) is 0 Å². The first-order valence-corrected chi connectivity index (χ1v) is 8.24. The normalized spacial score (nSPS) is 14.6. The monoisotopic (exact) mass is 361 g/mol. The van der Waals surface area contributed by atoms with E-state index in [0.717, 1.165) is 44.2 Å². The molecule has 0 spiro atoms. The number of hydrogen-bond acceptors (Lipinski definition) is 5. The Kier molecular flexibility index (Phi) is 7.03. The summed E-state index contributed by atoms with van der Waals surface area (Å²) in [6.45, 7) is 4.54. The second-order valence-electron chi connectivity index (χ2n) is 5.94. The van der Waals surface area contributed by atoms with Crippen molar-refractivity contribution in [3.05, 3.63) is 48.7 Å². The van der Waals surface area contributed by atoms with Gasteiger partial charge in [-0.3, -0.25) is 9.69 Å². The Morgan fingerprint density at radius 2 is 1.92 bits per heavy atom. The molecule has 25 heavy (non-hydrogen) atoms. The molecule has 1 saturated heterocycles. The minimum atomic E-state index is 0. The van der Waals surface area contributed by atoms with Gasteiger partial charge in [-0.2, -0.15) is 0 Å². The van der Waals surface area contributed by atoms with Crippen LogP contribution in [0.3, 0.4) is 0 Å². The Labute approximate surface area is 154 Å². The van der Waals surface area contributed by atoms with Gasteiger partial charge in [0.1, 0.15) is 5.82 Å². The number of benzene rings is 1. The van der Waals surface area contributed by atoms with E-state index < -0.39 is 0 Å². The first kappa shape index (κ1) is 19.0. The van der Waals surface area contributed by atoms with Crippen molar-refractivity contribution in [3.8, 4) is 0 Å². The van der Waals surface area contributed by atoms with E-state index in [9.17, 15) is 4.79 Å². The Balaban J connectivity index is 0.00000225. The van der Waals surface area contributed by atoms with Crippen molar-refractivity contribution in [1.82, 2.24) is 9.88 Å². The van der Waals surface area contributed by atoms with Crippen LogP contribution in [-0.4, -0.2) is 48.5 Å². The van der Waals surface area contributed by atoms with Gasteiger partial charge >= 0.3 is 0 Å². The molecule has 0 saturated carbocycles. The number of anilines is 3. The maximum atomic E-state index is 12.1. The van der Waals surface area contributed by atoms with Crippen molar-refractivity contribution in [2.75, 3.05) is 48.7 Å². The number of nitrogens with two attached hydrogens (primary N) is 1. The Bertz CT molecular complexity index is 674. The van der Waals surface area contributed by atoms with Crippen LogP contribution < -0.4 is 16.0 Å². The smallest absolute Gasteiger partial charge is 0.225 e. The fourth-order valence-electron chi connectivity index (χ4n) is 2.84. The second kappa shape index (κ2) is 9.25. The van der Waals surface area contributed by atoms with Crippen LogP contribution in [0.15, 0.2) is 48.7 Å². The lowest BCUT2D eigenvalue weighted by atomic mass is 10.2. The SMILES string of the molecule is Cl.Nc1cccc(NC(=O)CCN2CCN(c3ccccn3)CC2)c1. The molecule has 2 heterocycles. The first-order chi connectivity index (χ1) is 11.7. The quantitative estimate of drug-likeness (QED) is 0.799. The van der Waals surface area contributed by atoms with E-state index in [1.807, 2.05) is 36.5 Å². The molecule has 0 atom stereocenters. The lowest BCUT2D eigenvalue weighted by Gasteiger charge is -2.35. The van der Waals surface area contributed by atoms with Crippen molar-refractivity contribution in [3.63, 3.8) is 0 Å². The highest BCUT2D eigenvalue weighted by Crippen LogP contribution is 2.14. The van der Waals surface area contributed by atoms with Gasteiger partial charge in [-0.15, -0.1) is 12.4 Å². The van der Waals surface area contributed by atoms with Crippen molar-refractivity contribution in [2.24, 2.45) is 0 Å². The highest BCUT2D eigenvalue weighted by Gasteiger charge is 2.18. The van der Waals surface area contributed by atoms with E-state index in [1.54, 1.807) is 12.1 Å². The Morgan fingerprint density at radius 3 is 2.60 bits per heavy atom. The molecule has 1 fully saturated rings. The van der Waals surface area contributed by atoms with Crippen LogP contribution in [0.1, 0.15) is 6.42 Å². The number of nitrogens with zero attached hydrogens (tertiary/aromatic N) is 3. The van der Waals surface area contributed by atoms with Crippen molar-refractivity contribution in [2.45, 2.75) is 6.42 Å². The maximum Gasteiger partial charge on any atom is 0.225 e. The number of amides is 1. The van der Waals surface area contributed by atoms with Crippen LogP contribution in [0, 0.1) is 0 Å². The van der Waals surface area contributed by atoms with Gasteiger partial charge < -0.3 is 16.0 Å². The van der Waals surface area contributed by atoms with Crippen LogP contribution in [0.5, 0.6) is 0 Å². The van der Waals surface area contributed by atoms with Crippen molar-refractivity contribution in [1.29, 1.82) is 0 Å². The number of carbonyl (C=O) groups is 1. The number of hydrogen-bond donors (Lipinski definition) is 2. The molecular formula is C18H24ClN5O. The van der Waals surface area contributed by atoms with Crippen LogP contribution in [-0.2, 0) is 4.79 Å². The molecule has 3 N–H and O–H groups in total. The lowest BCUT2D eigenvalue weighted by molar-refractivity contribution is -0.116. The van der Waals surface area contributed by atoms with Crippen molar-refractivity contribution < 1.29 is 4.79 Å². The molecule has 6 nitrogen and oxygen atoms in total. The summed E-state index contributed by atoms with van der Waals surface area (Å²) in [6, 6.07) is 13.2. The zero-order valence-corrected chi connectivity index (χ0v) is 14.9. The van der Waals surface area contributed by atoms with E-state index in [4.69, 9.17) is 5.73 Å². The highest BCUT2D eigenvalue weighted by molar-refractivity contribution is 5.91. The topological polar surface area (TPSA) is 74.5 Å². The third kappa shape index (κ3) is 5.62. The summed E-state index contributed by atoms with van der Waals surface area (Å²) in [5.74, 6) is 1.05. The Morgan fingerprint density at radius 1 is 1.12 bits per heavy atom. The third-order valence-electron chi connectivity index (χ3n) is 4.17. The molecule has 3 rings (SSSR count). The average molecular weight is 362 g/mol. The summed E-state index contributed by atoms with van der Waals surface area (Å²) in [7, 11) is 0. The molecule has 1 aliphatic heterocycles. The van der Waals surface area contributed by atoms with Crippen LogP contribution in [0.2, 0.25) is 0 Å². The van der Waals surface area contributed by atoms with Crippen LogP contribution >= 0.6 is 12.4 Å². The van der Waals surface area contributed by atoms with E-state index in [1.165, 1.54) is 0 Å². The minimum absolute atomic E-state index is 0. The van der Waals surface area contributed by atoms with E-state index in [2.05, 4.69) is 20.1 Å². The number of aromatic nitrogens is 1. The number of carbonyl (C=O) groups excluding carboxylic acids is 1. The zero-order chi connectivity index (χ0) is 16.8. The van der Waals surface area contributed by atoms with Crippen LogP contribution in [0.25, 0.3) is 0 Å². The summed E-state index contributed by atoms with van der Waals surface area (Å²) in [4.78, 5) is 21.0. The molecule has 1 aromatic heterocycles. The second-order valence-corrected chi connectivity index (χ2v) is 5.94. The molecule has 1 aliphatic rings. The van der Waals surface area contributed by atoms with Crippen LogP contribution in [0.4, 0.5) is 17.2 Å². The summed E-state index contributed by atoms with van der Waals surface area (Å²) in [6.07, 6.45) is 2.31. The number of nitrogen functional groups attached to an aromatic ring is 1. The van der Waals surface area contributed by atoms with E-state index in [0.29, 0.717) is 12.1 Å². The van der Waals surface area contributed by atoms with Gasteiger partial charge in [0.05, 0.1) is 0 Å². The van der Waals surface area contributed by atoms with Gasteiger partial charge in [0, 0.05) is 56.7 Å². The van der Waals surface area contributed by atoms with E-state index in [-0.39, 0.29) is 18.3 Å². The maximum absolute atomic E-state index is 12.1. The highest BCUT2D eigenvalue weighted by atomic mass is 35.5. The summed E-state index contributed by atoms with van der Waals surface area (Å²) >= 11 is 0. The third-order valence-corrected chi connectivity index (χ3v) is 4.17. The number of halogens is 1. The van der Waals surface area contributed by atoms with E-state index >= 15 is 0 Å². The molecule has 1 amide bonds. The molecule has 0 aliphatic carbocycles. The van der Waals surface area contributed by atoms with Gasteiger partial charge in [0.2, 0.25) is 5.91 Å². The number of rotatable bonds is 5.